The standard InChI is InChI=1S/C11H17N5/c1-2-10(13)16-11(14)7-15-9-6-4-3-5-8(9)12/h3-6,15H,2,7,12H2,1H3,(H3,13,14,16). The smallest absolute Gasteiger partial charge is 0.122 e. The molecule has 0 bridgehead atoms. The van der Waals surface area contributed by atoms with E-state index in [1.165, 1.54) is 0 Å². The van der Waals surface area contributed by atoms with Gasteiger partial charge in [0.25, 0.3) is 0 Å². The summed E-state index contributed by atoms with van der Waals surface area (Å²) in [5, 5.41) is 10.4. The van der Waals surface area contributed by atoms with Gasteiger partial charge in [0, 0.05) is 6.42 Å². The first kappa shape index (κ1) is 12.0. The summed E-state index contributed by atoms with van der Waals surface area (Å²) < 4.78 is 0. The molecule has 5 heteroatoms. The summed E-state index contributed by atoms with van der Waals surface area (Å²) in [5.74, 6) is 0.662. The zero-order valence-electron chi connectivity index (χ0n) is 9.33. The molecule has 0 unspecified atom stereocenters. The number of hydrogen-bond donors (Lipinski definition) is 4. The number of nitrogens with two attached hydrogens (primary N) is 2. The maximum atomic E-state index is 7.37. The van der Waals surface area contributed by atoms with Gasteiger partial charge in [-0.15, -0.1) is 0 Å². The van der Waals surface area contributed by atoms with Crippen molar-refractivity contribution in [3.8, 4) is 0 Å². The molecule has 16 heavy (non-hydrogen) atoms. The molecule has 0 saturated carbocycles. The van der Waals surface area contributed by atoms with E-state index in [0.29, 0.717) is 24.5 Å². The molecule has 0 aliphatic heterocycles. The Hall–Kier alpha value is -2.04. The average Bonchev–Trinajstić information content (AvgIpc) is 2.28. The number of rotatable bonds is 4. The van der Waals surface area contributed by atoms with Crippen LogP contribution in [0.15, 0.2) is 29.3 Å². The van der Waals surface area contributed by atoms with Crippen LogP contribution in [0.2, 0.25) is 0 Å². The number of hydrogen-bond acceptors (Lipinski definition) is 3. The van der Waals surface area contributed by atoms with Gasteiger partial charge in [0.05, 0.1) is 17.9 Å². The summed E-state index contributed by atoms with van der Waals surface area (Å²) >= 11 is 0. The third-order valence-electron chi connectivity index (χ3n) is 2.03. The fourth-order valence-corrected chi connectivity index (χ4v) is 1.14. The molecule has 0 saturated heterocycles. The van der Waals surface area contributed by atoms with E-state index >= 15 is 0 Å². The summed E-state index contributed by atoms with van der Waals surface area (Å²) in [6.07, 6.45) is 0.578. The topological polar surface area (TPSA) is 100 Å². The molecule has 0 aliphatic rings. The van der Waals surface area contributed by atoms with Gasteiger partial charge < -0.3 is 16.8 Å². The Morgan fingerprint density at radius 2 is 2.12 bits per heavy atom. The van der Waals surface area contributed by atoms with Crippen molar-refractivity contribution in [3.63, 3.8) is 0 Å². The zero-order valence-corrected chi connectivity index (χ0v) is 9.33. The van der Waals surface area contributed by atoms with Gasteiger partial charge in [-0.1, -0.05) is 19.1 Å². The summed E-state index contributed by atoms with van der Waals surface area (Å²) in [6, 6.07) is 7.43. The van der Waals surface area contributed by atoms with E-state index < -0.39 is 0 Å². The van der Waals surface area contributed by atoms with Gasteiger partial charge in [-0.2, -0.15) is 0 Å². The van der Waals surface area contributed by atoms with Crippen molar-refractivity contribution in [1.29, 1.82) is 5.41 Å². The highest BCUT2D eigenvalue weighted by Crippen LogP contribution is 2.15. The van der Waals surface area contributed by atoms with E-state index in [2.05, 4.69) is 10.3 Å². The Balaban J connectivity index is 2.55. The summed E-state index contributed by atoms with van der Waals surface area (Å²) in [4.78, 5) is 3.91. The van der Waals surface area contributed by atoms with Crippen molar-refractivity contribution in [1.82, 2.24) is 0 Å². The third-order valence-corrected chi connectivity index (χ3v) is 2.03. The largest absolute Gasteiger partial charge is 0.397 e. The zero-order chi connectivity index (χ0) is 12.0. The lowest BCUT2D eigenvalue weighted by molar-refractivity contribution is 1.20. The van der Waals surface area contributed by atoms with Crippen LogP contribution in [0, 0.1) is 5.41 Å². The summed E-state index contributed by atoms with van der Waals surface area (Å²) in [7, 11) is 0. The van der Waals surface area contributed by atoms with Crippen LogP contribution < -0.4 is 16.8 Å². The molecule has 0 fully saturated rings. The number of nitrogens with zero attached hydrogens (tertiary/aromatic N) is 1. The van der Waals surface area contributed by atoms with Gasteiger partial charge in [0.15, 0.2) is 0 Å². The first-order valence-corrected chi connectivity index (χ1v) is 5.12. The Labute approximate surface area is 95.1 Å². The van der Waals surface area contributed by atoms with E-state index in [0.717, 1.165) is 5.69 Å². The normalized spacial score (nSPS) is 11.2. The van der Waals surface area contributed by atoms with Crippen LogP contribution >= 0.6 is 0 Å². The number of nitrogen functional groups attached to an aromatic ring is 1. The SMILES string of the molecule is CCC(=N)N=C(N)CNc1ccccc1N. The fraction of sp³-hybridized carbons (Fsp3) is 0.273. The first-order chi connectivity index (χ1) is 7.63. The maximum absolute atomic E-state index is 7.37. The minimum absolute atomic E-state index is 0.278. The molecule has 0 aliphatic carbocycles. The minimum atomic E-state index is 0.278. The fourth-order valence-electron chi connectivity index (χ4n) is 1.14. The Bertz CT molecular complexity index is 397. The predicted octanol–water partition coefficient (Wildman–Crippen LogP) is 1.43. The highest BCUT2D eigenvalue weighted by molar-refractivity contribution is 5.96. The number of amidine groups is 2. The molecule has 1 aromatic carbocycles. The molecule has 0 heterocycles. The van der Waals surface area contributed by atoms with Crippen molar-refractivity contribution in [2.24, 2.45) is 10.7 Å². The molecule has 0 spiro atoms. The van der Waals surface area contributed by atoms with E-state index in [4.69, 9.17) is 16.9 Å². The first-order valence-electron chi connectivity index (χ1n) is 5.12. The quantitative estimate of drug-likeness (QED) is 0.350. The van der Waals surface area contributed by atoms with Crippen molar-refractivity contribution >= 4 is 23.0 Å². The van der Waals surface area contributed by atoms with Crippen LogP contribution in [-0.2, 0) is 0 Å². The third kappa shape index (κ3) is 3.61. The Kier molecular flexibility index (Phi) is 4.32. The van der Waals surface area contributed by atoms with Crippen LogP contribution in [0.1, 0.15) is 13.3 Å². The molecule has 0 atom stereocenters. The van der Waals surface area contributed by atoms with E-state index in [-0.39, 0.29) is 5.84 Å². The van der Waals surface area contributed by atoms with Crippen molar-refractivity contribution < 1.29 is 0 Å². The molecular weight excluding hydrogens is 202 g/mol. The lowest BCUT2D eigenvalue weighted by Crippen LogP contribution is -2.24. The van der Waals surface area contributed by atoms with Crippen LogP contribution in [-0.4, -0.2) is 18.2 Å². The number of aliphatic imine (C=N–C) groups is 1. The Morgan fingerprint density at radius 3 is 2.75 bits per heavy atom. The monoisotopic (exact) mass is 219 g/mol. The van der Waals surface area contributed by atoms with Crippen LogP contribution in [0.3, 0.4) is 0 Å². The molecule has 86 valence electrons. The summed E-state index contributed by atoms with van der Waals surface area (Å²) in [6.45, 7) is 2.25. The van der Waals surface area contributed by atoms with Gasteiger partial charge in [0.2, 0.25) is 0 Å². The molecular formula is C11H17N5. The number of anilines is 2. The Morgan fingerprint density at radius 1 is 1.44 bits per heavy atom. The second kappa shape index (κ2) is 5.75. The predicted molar refractivity (Wildman–Crippen MR) is 69.0 cm³/mol. The maximum Gasteiger partial charge on any atom is 0.122 e. The van der Waals surface area contributed by atoms with Gasteiger partial charge in [-0.05, 0) is 12.1 Å². The summed E-state index contributed by atoms with van der Waals surface area (Å²) in [5.41, 5.74) is 12.9. The van der Waals surface area contributed by atoms with Gasteiger partial charge >= 0.3 is 0 Å². The lowest BCUT2D eigenvalue weighted by Gasteiger charge is -2.08. The van der Waals surface area contributed by atoms with E-state index in [9.17, 15) is 0 Å². The van der Waals surface area contributed by atoms with Gasteiger partial charge in [-0.25, -0.2) is 4.99 Å². The van der Waals surface area contributed by atoms with Crippen molar-refractivity contribution in [2.75, 3.05) is 17.6 Å². The lowest BCUT2D eigenvalue weighted by atomic mass is 10.2. The molecule has 0 radical (unpaired) electrons. The van der Waals surface area contributed by atoms with Crippen LogP contribution in [0.4, 0.5) is 11.4 Å². The number of benzene rings is 1. The van der Waals surface area contributed by atoms with E-state index in [1.807, 2.05) is 31.2 Å². The molecule has 1 rings (SSSR count). The highest BCUT2D eigenvalue weighted by atomic mass is 15.0. The molecule has 0 aromatic heterocycles. The highest BCUT2D eigenvalue weighted by Gasteiger charge is 1.98. The van der Waals surface area contributed by atoms with Gasteiger partial charge in [-0.3, -0.25) is 5.41 Å². The van der Waals surface area contributed by atoms with Crippen molar-refractivity contribution in [3.05, 3.63) is 24.3 Å². The second-order valence-electron chi connectivity index (χ2n) is 3.34. The molecule has 5 nitrogen and oxygen atoms in total. The molecule has 0 amide bonds. The van der Waals surface area contributed by atoms with Gasteiger partial charge in [0.1, 0.15) is 11.7 Å². The van der Waals surface area contributed by atoms with Crippen LogP contribution in [0.5, 0.6) is 0 Å². The average molecular weight is 219 g/mol. The second-order valence-corrected chi connectivity index (χ2v) is 3.34. The van der Waals surface area contributed by atoms with Crippen molar-refractivity contribution in [2.45, 2.75) is 13.3 Å². The minimum Gasteiger partial charge on any atom is -0.397 e. The van der Waals surface area contributed by atoms with E-state index in [1.54, 1.807) is 0 Å². The molecule has 6 N–H and O–H groups in total. The number of para-hydroxylation sites is 2. The molecule has 1 aromatic rings. The number of nitrogens with one attached hydrogen (secondary N) is 2. The van der Waals surface area contributed by atoms with Crippen LogP contribution in [0.25, 0.3) is 0 Å².